The zero-order valence-corrected chi connectivity index (χ0v) is 21.1. The van der Waals surface area contributed by atoms with Gasteiger partial charge in [0.05, 0.1) is 16.8 Å². The standard InChI is InChI=1S/C29H31N3O4/c1-19-22(21-9-6-5-7-10-21)11-8-12-25(19)32-26(33)23-14-13-20(17-24(23)27(32)34)18-30-15-16-31-28(35)36-29(2,3)4/h5-14,17,30H,15-16,18H2,1-4H3,(H,31,35). The fourth-order valence-corrected chi connectivity index (χ4v) is 4.21. The summed E-state index contributed by atoms with van der Waals surface area (Å²) in [5.74, 6) is -0.638. The van der Waals surface area contributed by atoms with Crippen LogP contribution in [-0.2, 0) is 11.3 Å². The molecular weight excluding hydrogens is 454 g/mol. The zero-order chi connectivity index (χ0) is 25.9. The summed E-state index contributed by atoms with van der Waals surface area (Å²) in [4.78, 5) is 39.6. The van der Waals surface area contributed by atoms with Gasteiger partial charge in [0, 0.05) is 19.6 Å². The number of anilines is 1. The van der Waals surface area contributed by atoms with Crippen LogP contribution in [0, 0.1) is 6.92 Å². The Hall–Kier alpha value is -3.97. The first-order valence-electron chi connectivity index (χ1n) is 12.0. The lowest BCUT2D eigenvalue weighted by Crippen LogP contribution is -2.36. The van der Waals surface area contributed by atoms with Crippen molar-refractivity contribution in [2.75, 3.05) is 18.0 Å². The molecule has 7 heteroatoms. The van der Waals surface area contributed by atoms with Crippen LogP contribution in [0.5, 0.6) is 0 Å². The molecule has 1 heterocycles. The predicted molar refractivity (Wildman–Crippen MR) is 140 cm³/mol. The van der Waals surface area contributed by atoms with Gasteiger partial charge in [-0.05, 0) is 68.1 Å². The monoisotopic (exact) mass is 485 g/mol. The maximum atomic E-state index is 13.3. The Balaban J connectivity index is 1.43. The summed E-state index contributed by atoms with van der Waals surface area (Å²) in [5.41, 5.74) is 4.62. The van der Waals surface area contributed by atoms with Gasteiger partial charge in [-0.15, -0.1) is 0 Å². The first kappa shape index (κ1) is 25.1. The third-order valence-corrected chi connectivity index (χ3v) is 5.88. The second-order valence-electron chi connectivity index (χ2n) is 9.75. The number of nitrogens with zero attached hydrogens (tertiary/aromatic N) is 1. The molecule has 36 heavy (non-hydrogen) atoms. The normalized spacial score (nSPS) is 13.1. The van der Waals surface area contributed by atoms with E-state index in [1.807, 2.05) is 82.3 Å². The van der Waals surface area contributed by atoms with Crippen molar-refractivity contribution in [2.45, 2.75) is 39.8 Å². The molecule has 1 aliphatic heterocycles. The average Bonchev–Trinajstić information content (AvgIpc) is 3.08. The smallest absolute Gasteiger partial charge is 0.407 e. The minimum Gasteiger partial charge on any atom is -0.444 e. The van der Waals surface area contributed by atoms with Gasteiger partial charge in [-0.25, -0.2) is 9.69 Å². The summed E-state index contributed by atoms with van der Waals surface area (Å²) in [6.45, 7) is 8.80. The number of rotatable bonds is 7. The molecule has 4 rings (SSSR count). The van der Waals surface area contributed by atoms with Gasteiger partial charge in [0.2, 0.25) is 0 Å². The van der Waals surface area contributed by atoms with Gasteiger partial charge in [-0.1, -0.05) is 48.5 Å². The van der Waals surface area contributed by atoms with Crippen LogP contribution in [0.4, 0.5) is 10.5 Å². The van der Waals surface area contributed by atoms with Crippen LogP contribution in [0.25, 0.3) is 11.1 Å². The Morgan fingerprint density at radius 3 is 2.31 bits per heavy atom. The predicted octanol–water partition coefficient (Wildman–Crippen LogP) is 5.08. The molecule has 2 N–H and O–H groups in total. The quantitative estimate of drug-likeness (QED) is 0.360. The number of hydrogen-bond donors (Lipinski definition) is 2. The Labute approximate surface area is 211 Å². The molecule has 3 aromatic rings. The van der Waals surface area contributed by atoms with Crippen LogP contribution in [0.15, 0.2) is 66.7 Å². The van der Waals surface area contributed by atoms with Crippen molar-refractivity contribution in [1.29, 1.82) is 0 Å². The Kier molecular flexibility index (Phi) is 7.22. The number of hydrogen-bond acceptors (Lipinski definition) is 5. The maximum Gasteiger partial charge on any atom is 0.407 e. The number of imide groups is 1. The van der Waals surface area contributed by atoms with E-state index in [2.05, 4.69) is 10.6 Å². The maximum absolute atomic E-state index is 13.3. The molecule has 1 aliphatic rings. The second kappa shape index (κ2) is 10.3. The lowest BCUT2D eigenvalue weighted by atomic mass is 9.99. The molecule has 0 atom stereocenters. The van der Waals surface area contributed by atoms with E-state index in [1.165, 1.54) is 4.90 Å². The molecule has 0 aromatic heterocycles. The van der Waals surface area contributed by atoms with Crippen LogP contribution in [0.1, 0.15) is 52.6 Å². The summed E-state index contributed by atoms with van der Waals surface area (Å²) in [7, 11) is 0. The van der Waals surface area contributed by atoms with E-state index in [0.29, 0.717) is 36.4 Å². The number of benzene rings is 3. The molecule has 3 amide bonds. The highest BCUT2D eigenvalue weighted by molar-refractivity contribution is 6.34. The number of alkyl carbamates (subject to hydrolysis) is 1. The number of nitrogens with one attached hydrogen (secondary N) is 2. The highest BCUT2D eigenvalue weighted by atomic mass is 16.6. The molecule has 0 bridgehead atoms. The lowest BCUT2D eigenvalue weighted by Gasteiger charge is -2.19. The fourth-order valence-electron chi connectivity index (χ4n) is 4.21. The highest BCUT2D eigenvalue weighted by Crippen LogP contribution is 2.35. The lowest BCUT2D eigenvalue weighted by molar-refractivity contribution is 0.0528. The van der Waals surface area contributed by atoms with Gasteiger partial charge >= 0.3 is 6.09 Å². The van der Waals surface area contributed by atoms with Gasteiger partial charge in [-0.3, -0.25) is 9.59 Å². The molecular formula is C29H31N3O4. The van der Waals surface area contributed by atoms with E-state index < -0.39 is 11.7 Å². The van der Waals surface area contributed by atoms with Crippen molar-refractivity contribution < 1.29 is 19.1 Å². The molecule has 7 nitrogen and oxygen atoms in total. The largest absolute Gasteiger partial charge is 0.444 e. The average molecular weight is 486 g/mol. The van der Waals surface area contributed by atoms with E-state index in [9.17, 15) is 14.4 Å². The van der Waals surface area contributed by atoms with Gasteiger partial charge in [0.15, 0.2) is 0 Å². The Morgan fingerprint density at radius 1 is 0.861 bits per heavy atom. The first-order valence-corrected chi connectivity index (χ1v) is 12.0. The fraction of sp³-hybridized carbons (Fsp3) is 0.276. The van der Waals surface area contributed by atoms with Crippen molar-refractivity contribution in [2.24, 2.45) is 0 Å². The van der Waals surface area contributed by atoms with E-state index in [0.717, 1.165) is 22.3 Å². The minimum atomic E-state index is -0.540. The molecule has 0 unspecified atom stereocenters. The molecule has 0 aliphatic carbocycles. The summed E-state index contributed by atoms with van der Waals surface area (Å²) in [6, 6.07) is 20.9. The third kappa shape index (κ3) is 5.47. The number of fused-ring (bicyclic) bond motifs is 1. The molecule has 0 saturated heterocycles. The van der Waals surface area contributed by atoms with Gasteiger partial charge in [0.25, 0.3) is 11.8 Å². The molecule has 3 aromatic carbocycles. The van der Waals surface area contributed by atoms with Crippen molar-refractivity contribution in [1.82, 2.24) is 10.6 Å². The van der Waals surface area contributed by atoms with Gasteiger partial charge in [0.1, 0.15) is 5.60 Å². The van der Waals surface area contributed by atoms with Crippen molar-refractivity contribution >= 4 is 23.6 Å². The van der Waals surface area contributed by atoms with Crippen molar-refractivity contribution in [3.8, 4) is 11.1 Å². The Morgan fingerprint density at radius 2 is 1.58 bits per heavy atom. The van der Waals surface area contributed by atoms with Crippen molar-refractivity contribution in [3.05, 3.63) is 89.0 Å². The van der Waals surface area contributed by atoms with E-state index in [4.69, 9.17) is 4.74 Å². The zero-order valence-electron chi connectivity index (χ0n) is 21.1. The van der Waals surface area contributed by atoms with Gasteiger partial charge < -0.3 is 15.4 Å². The van der Waals surface area contributed by atoms with Crippen LogP contribution in [-0.4, -0.2) is 36.6 Å². The van der Waals surface area contributed by atoms with Crippen LogP contribution in [0.3, 0.4) is 0 Å². The van der Waals surface area contributed by atoms with E-state index >= 15 is 0 Å². The van der Waals surface area contributed by atoms with Crippen LogP contribution in [0.2, 0.25) is 0 Å². The van der Waals surface area contributed by atoms with E-state index in [1.54, 1.807) is 12.1 Å². The topological polar surface area (TPSA) is 87.7 Å². The number of carbonyl (C=O) groups is 3. The van der Waals surface area contributed by atoms with Crippen molar-refractivity contribution in [3.63, 3.8) is 0 Å². The highest BCUT2D eigenvalue weighted by Gasteiger charge is 2.37. The number of ether oxygens (including phenoxy) is 1. The van der Waals surface area contributed by atoms with Crippen LogP contribution < -0.4 is 15.5 Å². The first-order chi connectivity index (χ1) is 17.2. The van der Waals surface area contributed by atoms with Crippen LogP contribution >= 0.6 is 0 Å². The Bertz CT molecular complexity index is 1300. The molecule has 0 saturated carbocycles. The molecule has 0 fully saturated rings. The second-order valence-corrected chi connectivity index (χ2v) is 9.75. The summed E-state index contributed by atoms with van der Waals surface area (Å²) >= 11 is 0. The minimum absolute atomic E-state index is 0.315. The SMILES string of the molecule is Cc1c(-c2ccccc2)cccc1N1C(=O)c2ccc(CNCCNC(=O)OC(C)(C)C)cc2C1=O. The summed E-state index contributed by atoms with van der Waals surface area (Å²) < 4.78 is 5.21. The molecule has 0 spiro atoms. The number of amides is 3. The summed E-state index contributed by atoms with van der Waals surface area (Å²) in [6.07, 6.45) is -0.461. The molecule has 0 radical (unpaired) electrons. The number of carbonyl (C=O) groups excluding carboxylic acids is 3. The van der Waals surface area contributed by atoms with E-state index in [-0.39, 0.29) is 11.8 Å². The van der Waals surface area contributed by atoms with Gasteiger partial charge in [-0.2, -0.15) is 0 Å². The third-order valence-electron chi connectivity index (χ3n) is 5.88. The molecule has 186 valence electrons. The summed E-state index contributed by atoms with van der Waals surface area (Å²) in [5, 5.41) is 5.93.